The SMILES string of the molecule is C1=C\CC/C=C\CC/1.[CH]1C=Cc2ccccc21.[Ir]. The van der Waals surface area contributed by atoms with E-state index in [-0.39, 0.29) is 20.1 Å². The van der Waals surface area contributed by atoms with Crippen LogP contribution in [0, 0.1) is 6.42 Å². The maximum atomic E-state index is 2.27. The monoisotopic (exact) mass is 416 g/mol. The van der Waals surface area contributed by atoms with E-state index in [4.69, 9.17) is 0 Å². The second-order valence-corrected chi connectivity index (χ2v) is 4.25. The molecule has 1 heteroatoms. The van der Waals surface area contributed by atoms with E-state index in [1.807, 2.05) is 0 Å². The Bertz CT molecular complexity index is 401. The summed E-state index contributed by atoms with van der Waals surface area (Å²) >= 11 is 0. The molecule has 18 heavy (non-hydrogen) atoms. The molecule has 3 rings (SSSR count). The Morgan fingerprint density at radius 3 is 1.67 bits per heavy atom. The number of fused-ring (bicyclic) bond motifs is 1. The standard InChI is InChI=1S/C9H7.C8H12.Ir/c1-2-5-9-7-3-6-8(9)4-1;1-2-4-6-8-7-5-3-1;/h1-7H;1-2,7-8H,3-6H2;/b;2-1-,8-7-;. The smallest absolute Gasteiger partial charge is 0.0131 e. The topological polar surface area (TPSA) is 0 Å². The Morgan fingerprint density at radius 1 is 0.667 bits per heavy atom. The predicted molar refractivity (Wildman–Crippen MR) is 75.6 cm³/mol. The van der Waals surface area contributed by atoms with Crippen LogP contribution in [0.1, 0.15) is 36.8 Å². The van der Waals surface area contributed by atoms with E-state index in [1.165, 1.54) is 36.8 Å². The van der Waals surface area contributed by atoms with E-state index < -0.39 is 0 Å². The fraction of sp³-hybridized carbons (Fsp3) is 0.235. The zero-order chi connectivity index (χ0) is 11.8. The number of rotatable bonds is 0. The van der Waals surface area contributed by atoms with Crippen molar-refractivity contribution in [1.29, 1.82) is 0 Å². The molecule has 0 fully saturated rings. The van der Waals surface area contributed by atoms with Gasteiger partial charge in [-0.15, -0.1) is 0 Å². The summed E-state index contributed by atoms with van der Waals surface area (Å²) in [4.78, 5) is 0. The van der Waals surface area contributed by atoms with Crippen LogP contribution in [0.25, 0.3) is 6.08 Å². The molecule has 2 aliphatic carbocycles. The minimum absolute atomic E-state index is 0. The molecule has 0 saturated carbocycles. The summed E-state index contributed by atoms with van der Waals surface area (Å²) < 4.78 is 0. The molecule has 0 spiro atoms. The van der Waals surface area contributed by atoms with Gasteiger partial charge in [-0.25, -0.2) is 0 Å². The van der Waals surface area contributed by atoms with Crippen molar-refractivity contribution in [2.45, 2.75) is 25.7 Å². The van der Waals surface area contributed by atoms with Gasteiger partial charge in [0, 0.05) is 26.5 Å². The normalized spacial score (nSPS) is 19.3. The molecule has 0 bridgehead atoms. The van der Waals surface area contributed by atoms with Crippen molar-refractivity contribution >= 4 is 6.08 Å². The number of hydrogen-bond donors (Lipinski definition) is 0. The van der Waals surface area contributed by atoms with Crippen LogP contribution in [-0.4, -0.2) is 0 Å². The molecule has 0 heterocycles. The van der Waals surface area contributed by atoms with Crippen LogP contribution < -0.4 is 0 Å². The predicted octanol–water partition coefficient (Wildman–Crippen LogP) is 4.94. The van der Waals surface area contributed by atoms with Crippen LogP contribution in [0.3, 0.4) is 0 Å². The molecule has 0 unspecified atom stereocenters. The van der Waals surface area contributed by atoms with Gasteiger partial charge >= 0.3 is 0 Å². The quantitative estimate of drug-likeness (QED) is 0.527. The van der Waals surface area contributed by atoms with Crippen LogP contribution in [0.15, 0.2) is 54.6 Å². The molecule has 96 valence electrons. The third kappa shape index (κ3) is 5.16. The molecule has 1 aromatic carbocycles. The minimum atomic E-state index is 0. The van der Waals surface area contributed by atoms with Gasteiger partial charge in [0.25, 0.3) is 0 Å². The van der Waals surface area contributed by atoms with Gasteiger partial charge in [0.2, 0.25) is 0 Å². The van der Waals surface area contributed by atoms with Crippen molar-refractivity contribution in [2.24, 2.45) is 0 Å². The van der Waals surface area contributed by atoms with Crippen molar-refractivity contribution in [3.05, 3.63) is 72.2 Å². The fourth-order valence-corrected chi connectivity index (χ4v) is 1.93. The van der Waals surface area contributed by atoms with Crippen LogP contribution >= 0.6 is 0 Å². The van der Waals surface area contributed by atoms with E-state index in [9.17, 15) is 0 Å². The molecular weight excluding hydrogens is 396 g/mol. The maximum absolute atomic E-state index is 2.27. The third-order valence-corrected chi connectivity index (χ3v) is 2.88. The molecule has 1 aromatic rings. The first-order valence-electron chi connectivity index (χ1n) is 6.37. The summed E-state index contributed by atoms with van der Waals surface area (Å²) in [5.74, 6) is 0. The van der Waals surface area contributed by atoms with Gasteiger partial charge in [-0.2, -0.15) is 0 Å². The zero-order valence-electron chi connectivity index (χ0n) is 10.5. The summed E-state index contributed by atoms with van der Waals surface area (Å²) in [7, 11) is 0. The summed E-state index contributed by atoms with van der Waals surface area (Å²) in [6.45, 7) is 0. The molecule has 0 nitrogen and oxygen atoms in total. The van der Waals surface area contributed by atoms with Gasteiger partial charge < -0.3 is 0 Å². The Hall–Kier alpha value is -0.911. The van der Waals surface area contributed by atoms with Gasteiger partial charge in [-0.3, -0.25) is 0 Å². The molecule has 2 radical (unpaired) electrons. The first-order chi connectivity index (χ1) is 8.47. The van der Waals surface area contributed by atoms with Crippen LogP contribution in [0.4, 0.5) is 0 Å². The zero-order valence-corrected chi connectivity index (χ0v) is 12.9. The molecule has 0 atom stereocenters. The van der Waals surface area contributed by atoms with Gasteiger partial charge in [0.15, 0.2) is 0 Å². The average molecular weight is 416 g/mol. The fourth-order valence-electron chi connectivity index (χ4n) is 1.93. The summed E-state index contributed by atoms with van der Waals surface area (Å²) in [5.41, 5.74) is 2.66. The van der Waals surface area contributed by atoms with Crippen molar-refractivity contribution in [1.82, 2.24) is 0 Å². The van der Waals surface area contributed by atoms with E-state index in [0.29, 0.717) is 0 Å². The Balaban J connectivity index is 0.000000172. The van der Waals surface area contributed by atoms with E-state index in [2.05, 4.69) is 67.1 Å². The summed E-state index contributed by atoms with van der Waals surface area (Å²) in [5, 5.41) is 0. The summed E-state index contributed by atoms with van der Waals surface area (Å²) in [6.07, 6.45) is 20.3. The van der Waals surface area contributed by atoms with E-state index >= 15 is 0 Å². The number of hydrogen-bond acceptors (Lipinski definition) is 0. The molecule has 0 N–H and O–H groups in total. The van der Waals surface area contributed by atoms with Gasteiger partial charge in [-0.1, -0.05) is 60.7 Å². The maximum Gasteiger partial charge on any atom is 0.0131 e. The minimum Gasteiger partial charge on any atom is -0.0882 e. The van der Waals surface area contributed by atoms with Gasteiger partial charge in [0.05, 0.1) is 0 Å². The third-order valence-electron chi connectivity index (χ3n) is 2.88. The van der Waals surface area contributed by atoms with Crippen molar-refractivity contribution in [3.8, 4) is 0 Å². The molecule has 0 aliphatic heterocycles. The van der Waals surface area contributed by atoms with Crippen LogP contribution in [0.5, 0.6) is 0 Å². The summed E-state index contributed by atoms with van der Waals surface area (Å²) in [6, 6.07) is 8.36. The number of benzene rings is 1. The largest absolute Gasteiger partial charge is 0.0882 e. The Morgan fingerprint density at radius 2 is 1.17 bits per heavy atom. The molecular formula is C17H19Ir. The van der Waals surface area contributed by atoms with Crippen molar-refractivity contribution in [3.63, 3.8) is 0 Å². The molecule has 0 aromatic heterocycles. The van der Waals surface area contributed by atoms with Crippen molar-refractivity contribution in [2.75, 3.05) is 0 Å². The first kappa shape index (κ1) is 15.1. The molecule has 2 aliphatic rings. The molecule has 0 amide bonds. The first-order valence-corrected chi connectivity index (χ1v) is 6.37. The molecule has 0 saturated heterocycles. The second-order valence-electron chi connectivity index (χ2n) is 4.25. The van der Waals surface area contributed by atoms with Gasteiger partial charge in [0.1, 0.15) is 0 Å². The van der Waals surface area contributed by atoms with Crippen LogP contribution in [-0.2, 0) is 20.1 Å². The van der Waals surface area contributed by atoms with E-state index in [0.717, 1.165) is 0 Å². The van der Waals surface area contributed by atoms with Gasteiger partial charge in [-0.05, 0) is 36.8 Å². The number of allylic oxidation sites excluding steroid dienone is 5. The average Bonchev–Trinajstić information content (AvgIpc) is 2.76. The van der Waals surface area contributed by atoms with Crippen molar-refractivity contribution < 1.29 is 20.1 Å². The Kier molecular flexibility index (Phi) is 7.64. The second kappa shape index (κ2) is 9.08. The van der Waals surface area contributed by atoms with E-state index in [1.54, 1.807) is 0 Å². The Labute approximate surface area is 124 Å². The van der Waals surface area contributed by atoms with Crippen LogP contribution in [0.2, 0.25) is 0 Å².